The van der Waals surface area contributed by atoms with Crippen LogP contribution in [0.15, 0.2) is 114 Å². The van der Waals surface area contributed by atoms with Crippen LogP contribution in [0.4, 0.5) is 22.7 Å². The van der Waals surface area contributed by atoms with Gasteiger partial charge in [-0.25, -0.2) is 0 Å². The molecule has 4 nitrogen and oxygen atoms in total. The summed E-state index contributed by atoms with van der Waals surface area (Å²) >= 11 is 7.47. The Morgan fingerprint density at radius 1 is 0.540 bits per heavy atom. The second-order valence-corrected chi connectivity index (χ2v) is 17.9. The molecule has 0 radical (unpaired) electrons. The van der Waals surface area contributed by atoms with Gasteiger partial charge in [0.05, 0.1) is 22.7 Å². The van der Waals surface area contributed by atoms with Crippen molar-refractivity contribution in [2.45, 2.75) is 92.8 Å². The van der Waals surface area contributed by atoms with Crippen molar-refractivity contribution in [1.82, 2.24) is 9.80 Å². The maximum Gasteiger partial charge on any atom is 0.0564 e. The predicted molar refractivity (Wildman–Crippen MR) is 221 cm³/mol. The molecule has 2 fully saturated rings. The zero-order valence-corrected chi connectivity index (χ0v) is 33.4. The molecular weight excluding hydrogens is 689 g/mol. The summed E-state index contributed by atoms with van der Waals surface area (Å²) in [7, 11) is 4.59. The third-order valence-corrected chi connectivity index (χ3v) is 14.6. The molecule has 0 saturated carbocycles. The Morgan fingerprint density at radius 2 is 0.960 bits per heavy atom. The van der Waals surface area contributed by atoms with Gasteiger partial charge in [-0.15, -0.1) is 23.5 Å². The van der Waals surface area contributed by atoms with Crippen LogP contribution in [0.5, 0.6) is 0 Å². The zero-order chi connectivity index (χ0) is 34.5. The molecule has 2 saturated heterocycles. The fraction of sp³-hybridized carbons (Fsp3) is 0.429. The van der Waals surface area contributed by atoms with Crippen LogP contribution in [0.1, 0.15) is 51.4 Å². The molecule has 4 heterocycles. The molecule has 264 valence electrons. The molecule has 4 aliphatic rings. The molecule has 4 aliphatic heterocycles. The van der Waals surface area contributed by atoms with Gasteiger partial charge in [0.1, 0.15) is 0 Å². The molecule has 8 heteroatoms. The largest absolute Gasteiger partial charge is 0.340 e. The van der Waals surface area contributed by atoms with Crippen LogP contribution in [0.25, 0.3) is 0 Å². The number of para-hydroxylation sites is 2. The molecule has 8 rings (SSSR count). The first-order valence-corrected chi connectivity index (χ1v) is 22.5. The van der Waals surface area contributed by atoms with E-state index in [0.29, 0.717) is 0 Å². The summed E-state index contributed by atoms with van der Waals surface area (Å²) in [6.07, 6.45) is 15.0. The molecule has 0 aliphatic carbocycles. The molecule has 0 aromatic heterocycles. The second-order valence-electron chi connectivity index (χ2n) is 13.9. The number of benzene rings is 4. The van der Waals surface area contributed by atoms with Crippen molar-refractivity contribution in [1.29, 1.82) is 0 Å². The number of fused-ring (bicyclic) bond motifs is 4. The summed E-state index contributed by atoms with van der Waals surface area (Å²) < 4.78 is 0. The van der Waals surface area contributed by atoms with Crippen LogP contribution >= 0.6 is 47.0 Å². The molecule has 0 amide bonds. The third kappa shape index (κ3) is 8.21. The van der Waals surface area contributed by atoms with E-state index >= 15 is 0 Å². The average molecular weight is 741 g/mol. The number of likely N-dealkylation sites (tertiary alicyclic amines) is 2. The van der Waals surface area contributed by atoms with Gasteiger partial charge in [0, 0.05) is 54.5 Å². The van der Waals surface area contributed by atoms with Gasteiger partial charge in [0.2, 0.25) is 0 Å². The van der Waals surface area contributed by atoms with E-state index in [2.05, 4.69) is 131 Å². The fourth-order valence-electron chi connectivity index (χ4n) is 7.93. The minimum atomic E-state index is 0.725. The van der Waals surface area contributed by atoms with Crippen LogP contribution in [0, 0.1) is 0 Å². The number of hydrogen-bond donors (Lipinski definition) is 0. The van der Waals surface area contributed by atoms with E-state index < -0.39 is 0 Å². The smallest absolute Gasteiger partial charge is 0.0564 e. The van der Waals surface area contributed by atoms with Crippen molar-refractivity contribution in [2.75, 3.05) is 62.6 Å². The van der Waals surface area contributed by atoms with E-state index in [1.165, 1.54) is 117 Å². The molecular formula is C42H52N4S4. The second kappa shape index (κ2) is 17.1. The lowest BCUT2D eigenvalue weighted by Crippen LogP contribution is -2.38. The number of piperidine rings is 2. The fourth-order valence-corrected chi connectivity index (χ4v) is 10.9. The van der Waals surface area contributed by atoms with Crippen LogP contribution in [0.3, 0.4) is 0 Å². The van der Waals surface area contributed by atoms with Gasteiger partial charge in [0.25, 0.3) is 0 Å². The number of thioether (sulfide) groups is 2. The Labute approximate surface area is 318 Å². The van der Waals surface area contributed by atoms with E-state index in [0.717, 1.165) is 25.2 Å². The van der Waals surface area contributed by atoms with E-state index in [-0.39, 0.29) is 0 Å². The Morgan fingerprint density at radius 3 is 1.38 bits per heavy atom. The molecule has 2 atom stereocenters. The van der Waals surface area contributed by atoms with Crippen LogP contribution < -0.4 is 9.80 Å². The lowest BCUT2D eigenvalue weighted by Gasteiger charge is -2.37. The highest BCUT2D eigenvalue weighted by atomic mass is 32.2. The van der Waals surface area contributed by atoms with Crippen molar-refractivity contribution >= 4 is 69.8 Å². The molecule has 4 aromatic rings. The van der Waals surface area contributed by atoms with Gasteiger partial charge in [-0.3, -0.25) is 0 Å². The SMILES string of the molecule is CSc1ccc2c(c1)N(CCC1CCCCN1C)c1ccccc1S2.CSc1ccc2c(c1)N(CCC1CCCCN1C)c1ccccc1S2. The number of nitrogens with zero attached hydrogens (tertiary/aromatic N) is 4. The molecule has 4 aromatic carbocycles. The summed E-state index contributed by atoms with van der Waals surface area (Å²) in [5.74, 6) is 0. The summed E-state index contributed by atoms with van der Waals surface area (Å²) in [4.78, 5) is 18.5. The average Bonchev–Trinajstić information content (AvgIpc) is 3.16. The maximum absolute atomic E-state index is 2.56. The number of rotatable bonds is 8. The minimum absolute atomic E-state index is 0.725. The molecule has 2 unspecified atom stereocenters. The van der Waals surface area contributed by atoms with Gasteiger partial charge < -0.3 is 19.6 Å². The van der Waals surface area contributed by atoms with Crippen molar-refractivity contribution in [2.24, 2.45) is 0 Å². The predicted octanol–water partition coefficient (Wildman–Crippen LogP) is 11.8. The van der Waals surface area contributed by atoms with Crippen molar-refractivity contribution in [3.05, 3.63) is 84.9 Å². The first-order valence-electron chi connectivity index (χ1n) is 18.4. The quantitative estimate of drug-likeness (QED) is 0.164. The monoisotopic (exact) mass is 740 g/mol. The van der Waals surface area contributed by atoms with Gasteiger partial charge >= 0.3 is 0 Å². The Balaban J connectivity index is 0.000000157. The van der Waals surface area contributed by atoms with E-state index in [1.807, 2.05) is 47.0 Å². The summed E-state index contributed by atoms with van der Waals surface area (Å²) in [6, 6.07) is 33.0. The van der Waals surface area contributed by atoms with Gasteiger partial charge in [0.15, 0.2) is 0 Å². The first-order chi connectivity index (χ1) is 24.5. The normalized spacial score (nSPS) is 20.2. The Kier molecular flexibility index (Phi) is 12.4. The standard InChI is InChI=1S/2C21H26N2S2/c2*1-22-13-6-5-7-16(22)12-14-23-18-8-3-4-9-20(18)25-21-11-10-17(24-2)15-19(21)23/h2*3-4,8-11,15-16H,5-7,12-14H2,1-2H3. The summed E-state index contributed by atoms with van der Waals surface area (Å²) in [5.41, 5.74) is 5.51. The highest BCUT2D eigenvalue weighted by molar-refractivity contribution is 8.00. The third-order valence-electron chi connectivity index (χ3n) is 10.9. The molecule has 50 heavy (non-hydrogen) atoms. The molecule has 0 spiro atoms. The van der Waals surface area contributed by atoms with Crippen LogP contribution in [-0.4, -0.2) is 74.7 Å². The maximum atomic E-state index is 2.56. The van der Waals surface area contributed by atoms with E-state index in [1.54, 1.807) is 0 Å². The number of anilines is 4. The van der Waals surface area contributed by atoms with Gasteiger partial charge in [-0.1, -0.05) is 60.6 Å². The topological polar surface area (TPSA) is 13.0 Å². The molecule has 0 bridgehead atoms. The van der Waals surface area contributed by atoms with Crippen molar-refractivity contribution in [3.8, 4) is 0 Å². The zero-order valence-electron chi connectivity index (χ0n) is 30.1. The number of hydrogen-bond acceptors (Lipinski definition) is 8. The Bertz CT molecular complexity index is 1620. The van der Waals surface area contributed by atoms with Crippen LogP contribution in [-0.2, 0) is 0 Å². The van der Waals surface area contributed by atoms with Crippen molar-refractivity contribution in [3.63, 3.8) is 0 Å². The Hall–Kier alpha value is -2.20. The lowest BCUT2D eigenvalue weighted by molar-refractivity contribution is 0.178. The highest BCUT2D eigenvalue weighted by Crippen LogP contribution is 2.50. The molecule has 0 N–H and O–H groups in total. The van der Waals surface area contributed by atoms with Crippen molar-refractivity contribution < 1.29 is 0 Å². The first kappa shape index (κ1) is 36.2. The summed E-state index contributed by atoms with van der Waals surface area (Å²) in [5, 5.41) is 0. The van der Waals surface area contributed by atoms with Crippen LogP contribution in [0.2, 0.25) is 0 Å². The highest BCUT2D eigenvalue weighted by Gasteiger charge is 2.27. The van der Waals surface area contributed by atoms with E-state index in [4.69, 9.17) is 0 Å². The van der Waals surface area contributed by atoms with Gasteiger partial charge in [-0.05, 0) is 139 Å². The van der Waals surface area contributed by atoms with Gasteiger partial charge in [-0.2, -0.15) is 0 Å². The lowest BCUT2D eigenvalue weighted by atomic mass is 9.99. The minimum Gasteiger partial charge on any atom is -0.340 e. The van der Waals surface area contributed by atoms with E-state index in [9.17, 15) is 0 Å². The summed E-state index contributed by atoms with van der Waals surface area (Å²) in [6.45, 7) is 4.70.